The highest BCUT2D eigenvalue weighted by molar-refractivity contribution is 5.79. The summed E-state index contributed by atoms with van der Waals surface area (Å²) in [4.78, 5) is 14.0. The minimum atomic E-state index is 0.00287. The Morgan fingerprint density at radius 1 is 1.44 bits per heavy atom. The fourth-order valence-electron chi connectivity index (χ4n) is 2.29. The van der Waals surface area contributed by atoms with Crippen LogP contribution in [-0.4, -0.2) is 48.3 Å². The predicted octanol–water partition coefficient (Wildman–Crippen LogP) is 1.03. The van der Waals surface area contributed by atoms with Gasteiger partial charge in [-0.15, -0.1) is 0 Å². The van der Waals surface area contributed by atoms with Gasteiger partial charge in [0.1, 0.15) is 0 Å². The minimum Gasteiger partial charge on any atom is -0.395 e. The van der Waals surface area contributed by atoms with Crippen molar-refractivity contribution in [1.82, 2.24) is 4.90 Å². The molecule has 4 nitrogen and oxygen atoms in total. The summed E-state index contributed by atoms with van der Waals surface area (Å²) < 4.78 is 5.53. The van der Waals surface area contributed by atoms with Crippen molar-refractivity contribution in [2.24, 2.45) is 5.92 Å². The molecule has 1 aliphatic rings. The summed E-state index contributed by atoms with van der Waals surface area (Å²) in [7, 11) is 0. The van der Waals surface area contributed by atoms with Crippen LogP contribution >= 0.6 is 0 Å². The highest BCUT2D eigenvalue weighted by Gasteiger charge is 2.34. The smallest absolute Gasteiger partial charge is 0.228 e. The number of amides is 1. The summed E-state index contributed by atoms with van der Waals surface area (Å²) >= 11 is 0. The van der Waals surface area contributed by atoms with Gasteiger partial charge in [-0.3, -0.25) is 4.79 Å². The van der Waals surface area contributed by atoms with Crippen LogP contribution in [0.2, 0.25) is 0 Å². The van der Waals surface area contributed by atoms with Crippen LogP contribution in [0.5, 0.6) is 0 Å². The van der Waals surface area contributed by atoms with E-state index in [0.29, 0.717) is 13.2 Å². The Labute approximate surface area is 97.6 Å². The van der Waals surface area contributed by atoms with E-state index in [1.165, 1.54) is 0 Å². The number of carbonyl (C=O) groups is 1. The first-order valence-electron chi connectivity index (χ1n) is 6.25. The Kier molecular flexibility index (Phi) is 5.77. The average molecular weight is 229 g/mol. The van der Waals surface area contributed by atoms with E-state index in [-0.39, 0.29) is 24.5 Å². The van der Waals surface area contributed by atoms with Crippen LogP contribution in [0, 0.1) is 5.92 Å². The largest absolute Gasteiger partial charge is 0.395 e. The fraction of sp³-hybridized carbons (Fsp3) is 0.917. The molecular weight excluding hydrogens is 206 g/mol. The molecule has 0 aromatic rings. The maximum absolute atomic E-state index is 12.2. The lowest BCUT2D eigenvalue weighted by Gasteiger charge is -2.26. The maximum Gasteiger partial charge on any atom is 0.228 e. The van der Waals surface area contributed by atoms with Crippen molar-refractivity contribution in [2.75, 3.05) is 26.3 Å². The van der Waals surface area contributed by atoms with Crippen molar-refractivity contribution in [1.29, 1.82) is 0 Å². The highest BCUT2D eigenvalue weighted by Crippen LogP contribution is 2.25. The maximum atomic E-state index is 12.2. The molecule has 0 aromatic carbocycles. The molecule has 1 heterocycles. The first kappa shape index (κ1) is 13.5. The van der Waals surface area contributed by atoms with Gasteiger partial charge in [0, 0.05) is 19.7 Å². The van der Waals surface area contributed by atoms with Crippen molar-refractivity contribution >= 4 is 5.91 Å². The van der Waals surface area contributed by atoms with E-state index in [9.17, 15) is 4.79 Å². The molecule has 16 heavy (non-hydrogen) atoms. The van der Waals surface area contributed by atoms with Gasteiger partial charge in [-0.1, -0.05) is 13.8 Å². The average Bonchev–Trinajstić information content (AvgIpc) is 2.75. The molecule has 2 unspecified atom stereocenters. The molecule has 1 amide bonds. The molecule has 0 radical (unpaired) electrons. The summed E-state index contributed by atoms with van der Waals surface area (Å²) in [5, 5.41) is 8.95. The third-order valence-corrected chi connectivity index (χ3v) is 3.10. The zero-order valence-corrected chi connectivity index (χ0v) is 10.3. The van der Waals surface area contributed by atoms with Gasteiger partial charge < -0.3 is 14.7 Å². The summed E-state index contributed by atoms with van der Waals surface area (Å²) in [6.45, 7) is 5.99. The van der Waals surface area contributed by atoms with Crippen molar-refractivity contribution in [3.63, 3.8) is 0 Å². The van der Waals surface area contributed by atoms with Gasteiger partial charge in [0.25, 0.3) is 0 Å². The Balaban J connectivity index is 2.58. The molecule has 0 bridgehead atoms. The molecule has 1 saturated heterocycles. The second-order valence-corrected chi connectivity index (χ2v) is 4.26. The molecule has 2 atom stereocenters. The van der Waals surface area contributed by atoms with Crippen LogP contribution in [0.25, 0.3) is 0 Å². The summed E-state index contributed by atoms with van der Waals surface area (Å²) in [6, 6.07) is 0. The van der Waals surface area contributed by atoms with Gasteiger partial charge in [-0.25, -0.2) is 0 Å². The van der Waals surface area contributed by atoms with Crippen LogP contribution in [0.4, 0.5) is 0 Å². The molecule has 1 fully saturated rings. The van der Waals surface area contributed by atoms with E-state index in [4.69, 9.17) is 9.84 Å². The van der Waals surface area contributed by atoms with Gasteiger partial charge in [-0.2, -0.15) is 0 Å². The first-order chi connectivity index (χ1) is 7.74. The number of aliphatic hydroxyl groups excluding tert-OH is 1. The predicted molar refractivity (Wildman–Crippen MR) is 62.1 cm³/mol. The van der Waals surface area contributed by atoms with Crippen molar-refractivity contribution in [3.05, 3.63) is 0 Å². The molecule has 4 heteroatoms. The lowest BCUT2D eigenvalue weighted by Crippen LogP contribution is -2.41. The Morgan fingerprint density at radius 2 is 2.19 bits per heavy atom. The second-order valence-electron chi connectivity index (χ2n) is 4.26. The van der Waals surface area contributed by atoms with Crippen molar-refractivity contribution in [3.8, 4) is 0 Å². The zero-order valence-electron chi connectivity index (χ0n) is 10.3. The monoisotopic (exact) mass is 229 g/mol. The van der Waals surface area contributed by atoms with Crippen LogP contribution in [0.1, 0.15) is 33.1 Å². The number of ether oxygens (including phenoxy) is 1. The van der Waals surface area contributed by atoms with Gasteiger partial charge in [-0.05, 0) is 19.3 Å². The Bertz CT molecular complexity index is 214. The van der Waals surface area contributed by atoms with E-state index >= 15 is 0 Å². The van der Waals surface area contributed by atoms with Crippen LogP contribution in [0.15, 0.2) is 0 Å². The number of hydrogen-bond acceptors (Lipinski definition) is 3. The molecule has 0 spiro atoms. The van der Waals surface area contributed by atoms with Crippen molar-refractivity contribution in [2.45, 2.75) is 39.2 Å². The van der Waals surface area contributed by atoms with Gasteiger partial charge in [0.05, 0.1) is 18.6 Å². The topological polar surface area (TPSA) is 49.8 Å². The molecular formula is C12H23NO3. The Morgan fingerprint density at radius 3 is 2.75 bits per heavy atom. The van der Waals surface area contributed by atoms with Crippen LogP contribution in [0.3, 0.4) is 0 Å². The van der Waals surface area contributed by atoms with Gasteiger partial charge >= 0.3 is 0 Å². The fourth-order valence-corrected chi connectivity index (χ4v) is 2.29. The molecule has 0 saturated carbocycles. The van der Waals surface area contributed by atoms with E-state index in [2.05, 4.69) is 0 Å². The number of rotatable bonds is 6. The molecule has 0 aliphatic carbocycles. The molecule has 1 rings (SSSR count). The number of carbonyl (C=O) groups excluding carboxylic acids is 1. The molecule has 1 aliphatic heterocycles. The van der Waals surface area contributed by atoms with Gasteiger partial charge in [0.2, 0.25) is 5.91 Å². The lowest BCUT2D eigenvalue weighted by molar-refractivity contribution is -0.137. The second kappa shape index (κ2) is 6.86. The van der Waals surface area contributed by atoms with Crippen LogP contribution in [-0.2, 0) is 9.53 Å². The third-order valence-electron chi connectivity index (χ3n) is 3.10. The summed E-state index contributed by atoms with van der Waals surface area (Å²) in [6.07, 6.45) is 2.71. The SMILES string of the molecule is CCCN(CCO)C(=O)C1CCOC1CC. The molecule has 0 aromatic heterocycles. The van der Waals surface area contributed by atoms with E-state index in [0.717, 1.165) is 25.8 Å². The van der Waals surface area contributed by atoms with E-state index < -0.39 is 0 Å². The molecule has 94 valence electrons. The number of hydrogen-bond donors (Lipinski definition) is 1. The molecule has 1 N–H and O–H groups in total. The Hall–Kier alpha value is -0.610. The van der Waals surface area contributed by atoms with Gasteiger partial charge in [0.15, 0.2) is 0 Å². The normalized spacial score (nSPS) is 24.7. The highest BCUT2D eigenvalue weighted by atomic mass is 16.5. The summed E-state index contributed by atoms with van der Waals surface area (Å²) in [5.41, 5.74) is 0. The first-order valence-corrected chi connectivity index (χ1v) is 6.25. The summed E-state index contributed by atoms with van der Waals surface area (Å²) in [5.74, 6) is 0.156. The number of nitrogens with zero attached hydrogens (tertiary/aromatic N) is 1. The van der Waals surface area contributed by atoms with Crippen LogP contribution < -0.4 is 0 Å². The van der Waals surface area contributed by atoms with Crippen molar-refractivity contribution < 1.29 is 14.6 Å². The lowest BCUT2D eigenvalue weighted by atomic mass is 9.98. The van der Waals surface area contributed by atoms with E-state index in [1.54, 1.807) is 4.90 Å². The zero-order chi connectivity index (χ0) is 12.0. The third kappa shape index (κ3) is 3.19. The quantitative estimate of drug-likeness (QED) is 0.740. The standard InChI is InChI=1S/C12H23NO3/c1-3-6-13(7-8-14)12(15)10-5-9-16-11(10)4-2/h10-11,14H,3-9H2,1-2H3. The van der Waals surface area contributed by atoms with E-state index in [1.807, 2.05) is 13.8 Å². The number of aliphatic hydroxyl groups is 1. The minimum absolute atomic E-state index is 0.00287.